The Bertz CT molecular complexity index is 157. The molecule has 104 valence electrons. The molecule has 0 rings (SSSR count). The van der Waals surface area contributed by atoms with Crippen LogP contribution in [0.1, 0.15) is 60.3 Å². The van der Waals surface area contributed by atoms with E-state index < -0.39 is 0 Å². The average Bonchev–Trinajstić information content (AvgIpc) is 2.31. The quantitative estimate of drug-likeness (QED) is 0.558. The van der Waals surface area contributed by atoms with Crippen LogP contribution in [0.15, 0.2) is 0 Å². The van der Waals surface area contributed by atoms with Gasteiger partial charge in [-0.1, -0.05) is 34.1 Å². The van der Waals surface area contributed by atoms with E-state index in [1.165, 1.54) is 45.3 Å². The molecule has 0 saturated carbocycles. The van der Waals surface area contributed by atoms with Gasteiger partial charge in [-0.25, -0.2) is 0 Å². The summed E-state index contributed by atoms with van der Waals surface area (Å²) in [6.45, 7) is 16.2. The largest absolute Gasteiger partial charge is 0.316 e. The molecule has 2 heteroatoms. The molecule has 0 heterocycles. The lowest BCUT2D eigenvalue weighted by Crippen LogP contribution is -2.33. The van der Waals surface area contributed by atoms with Crippen LogP contribution in [0.4, 0.5) is 0 Å². The molecule has 0 aliphatic rings. The lowest BCUT2D eigenvalue weighted by atomic mass is 10.1. The summed E-state index contributed by atoms with van der Waals surface area (Å²) in [5, 5.41) is 3.51. The second-order valence-electron chi connectivity index (χ2n) is 5.54. The van der Waals surface area contributed by atoms with Crippen LogP contribution in [-0.4, -0.2) is 37.1 Å². The SMILES string of the molecule is CCC(C)N(CC)CCCCCNCC(C)C. The van der Waals surface area contributed by atoms with Gasteiger partial charge in [0.2, 0.25) is 0 Å². The molecule has 0 radical (unpaired) electrons. The number of nitrogens with zero attached hydrogens (tertiary/aromatic N) is 1. The van der Waals surface area contributed by atoms with E-state index in [0.29, 0.717) is 0 Å². The maximum Gasteiger partial charge on any atom is 0.00641 e. The van der Waals surface area contributed by atoms with Crippen LogP contribution >= 0.6 is 0 Å². The summed E-state index contributed by atoms with van der Waals surface area (Å²) >= 11 is 0. The van der Waals surface area contributed by atoms with Crippen LogP contribution in [0.25, 0.3) is 0 Å². The summed E-state index contributed by atoms with van der Waals surface area (Å²) in [7, 11) is 0. The van der Waals surface area contributed by atoms with E-state index in [1.54, 1.807) is 0 Å². The van der Waals surface area contributed by atoms with Gasteiger partial charge in [0, 0.05) is 6.04 Å². The van der Waals surface area contributed by atoms with Crippen molar-refractivity contribution in [3.05, 3.63) is 0 Å². The van der Waals surface area contributed by atoms with E-state index in [9.17, 15) is 0 Å². The van der Waals surface area contributed by atoms with Crippen molar-refractivity contribution < 1.29 is 0 Å². The van der Waals surface area contributed by atoms with Gasteiger partial charge < -0.3 is 10.2 Å². The van der Waals surface area contributed by atoms with Crippen LogP contribution in [0, 0.1) is 5.92 Å². The highest BCUT2D eigenvalue weighted by atomic mass is 15.1. The predicted octanol–water partition coefficient (Wildman–Crippen LogP) is 3.52. The second kappa shape index (κ2) is 11.0. The fourth-order valence-electron chi connectivity index (χ4n) is 2.08. The molecule has 1 unspecified atom stereocenters. The Balaban J connectivity index is 3.37. The molecule has 0 aliphatic carbocycles. The summed E-state index contributed by atoms with van der Waals surface area (Å²) in [5.41, 5.74) is 0. The van der Waals surface area contributed by atoms with Crippen molar-refractivity contribution in [3.8, 4) is 0 Å². The maximum absolute atomic E-state index is 3.51. The Morgan fingerprint density at radius 3 is 2.24 bits per heavy atom. The molecule has 0 saturated heterocycles. The fraction of sp³-hybridized carbons (Fsp3) is 1.00. The van der Waals surface area contributed by atoms with Crippen LogP contribution in [0.2, 0.25) is 0 Å². The molecule has 0 bridgehead atoms. The van der Waals surface area contributed by atoms with Crippen LogP contribution in [-0.2, 0) is 0 Å². The molecule has 1 atom stereocenters. The first-order chi connectivity index (χ1) is 8.11. The highest BCUT2D eigenvalue weighted by Crippen LogP contribution is 2.05. The monoisotopic (exact) mass is 242 g/mol. The molecule has 0 aromatic heterocycles. The molecule has 1 N–H and O–H groups in total. The van der Waals surface area contributed by atoms with Gasteiger partial charge in [0.15, 0.2) is 0 Å². The van der Waals surface area contributed by atoms with Crippen molar-refractivity contribution in [2.24, 2.45) is 5.92 Å². The molecule has 0 fully saturated rings. The maximum atomic E-state index is 3.51. The zero-order valence-electron chi connectivity index (χ0n) is 12.8. The van der Waals surface area contributed by atoms with Gasteiger partial charge in [-0.2, -0.15) is 0 Å². The topological polar surface area (TPSA) is 15.3 Å². The molecule has 17 heavy (non-hydrogen) atoms. The van der Waals surface area contributed by atoms with Gasteiger partial charge in [-0.15, -0.1) is 0 Å². The van der Waals surface area contributed by atoms with Crippen molar-refractivity contribution in [2.45, 2.75) is 66.3 Å². The minimum Gasteiger partial charge on any atom is -0.316 e. The first kappa shape index (κ1) is 16.9. The molecule has 0 spiro atoms. The van der Waals surface area contributed by atoms with Gasteiger partial charge in [-0.3, -0.25) is 0 Å². The average molecular weight is 242 g/mol. The zero-order valence-corrected chi connectivity index (χ0v) is 12.8. The summed E-state index contributed by atoms with van der Waals surface area (Å²) in [6, 6.07) is 0.749. The standard InChI is InChI=1S/C15H34N2/c1-6-15(5)17(7-2)12-10-8-9-11-16-13-14(3)4/h14-16H,6-13H2,1-5H3. The zero-order chi connectivity index (χ0) is 13.1. The Labute approximate surface area is 109 Å². The number of hydrogen-bond acceptors (Lipinski definition) is 2. The van der Waals surface area contributed by atoms with E-state index in [1.807, 2.05) is 0 Å². The third-order valence-electron chi connectivity index (χ3n) is 3.47. The number of hydrogen-bond donors (Lipinski definition) is 1. The predicted molar refractivity (Wildman–Crippen MR) is 78.6 cm³/mol. The lowest BCUT2D eigenvalue weighted by Gasteiger charge is -2.26. The molecule has 2 nitrogen and oxygen atoms in total. The van der Waals surface area contributed by atoms with Crippen molar-refractivity contribution in [1.29, 1.82) is 0 Å². The first-order valence-corrected chi connectivity index (χ1v) is 7.56. The molecular weight excluding hydrogens is 208 g/mol. The molecular formula is C15H34N2. The number of rotatable bonds is 11. The Hall–Kier alpha value is -0.0800. The third-order valence-corrected chi connectivity index (χ3v) is 3.47. The van der Waals surface area contributed by atoms with Crippen LogP contribution < -0.4 is 5.32 Å². The summed E-state index contributed by atoms with van der Waals surface area (Å²) in [6.07, 6.45) is 5.30. The molecule has 0 aromatic carbocycles. The van der Waals surface area contributed by atoms with Gasteiger partial charge in [0.25, 0.3) is 0 Å². The summed E-state index contributed by atoms with van der Waals surface area (Å²) < 4.78 is 0. The number of unbranched alkanes of at least 4 members (excludes halogenated alkanes) is 2. The molecule has 0 aromatic rings. The van der Waals surface area contributed by atoms with E-state index in [4.69, 9.17) is 0 Å². The smallest absolute Gasteiger partial charge is 0.00641 e. The number of nitrogens with one attached hydrogen (secondary N) is 1. The van der Waals surface area contributed by atoms with Gasteiger partial charge >= 0.3 is 0 Å². The molecule has 0 aliphatic heterocycles. The normalized spacial score (nSPS) is 13.6. The van der Waals surface area contributed by atoms with Gasteiger partial charge in [0.05, 0.1) is 0 Å². The third kappa shape index (κ3) is 9.61. The minimum atomic E-state index is 0.749. The van der Waals surface area contributed by atoms with Crippen LogP contribution in [0.3, 0.4) is 0 Å². The highest BCUT2D eigenvalue weighted by molar-refractivity contribution is 4.64. The van der Waals surface area contributed by atoms with Crippen molar-refractivity contribution in [1.82, 2.24) is 10.2 Å². The van der Waals surface area contributed by atoms with E-state index in [2.05, 4.69) is 44.8 Å². The Morgan fingerprint density at radius 2 is 1.71 bits per heavy atom. The van der Waals surface area contributed by atoms with Crippen molar-refractivity contribution in [3.63, 3.8) is 0 Å². The highest BCUT2D eigenvalue weighted by Gasteiger charge is 2.08. The summed E-state index contributed by atoms with van der Waals surface area (Å²) in [4.78, 5) is 2.60. The second-order valence-corrected chi connectivity index (χ2v) is 5.54. The van der Waals surface area contributed by atoms with E-state index in [-0.39, 0.29) is 0 Å². The lowest BCUT2D eigenvalue weighted by molar-refractivity contribution is 0.210. The van der Waals surface area contributed by atoms with E-state index in [0.717, 1.165) is 18.5 Å². The van der Waals surface area contributed by atoms with E-state index >= 15 is 0 Å². The minimum absolute atomic E-state index is 0.749. The summed E-state index contributed by atoms with van der Waals surface area (Å²) in [5.74, 6) is 0.774. The van der Waals surface area contributed by atoms with Crippen molar-refractivity contribution >= 4 is 0 Å². The Morgan fingerprint density at radius 1 is 1.00 bits per heavy atom. The first-order valence-electron chi connectivity index (χ1n) is 7.56. The van der Waals surface area contributed by atoms with Gasteiger partial charge in [0.1, 0.15) is 0 Å². The van der Waals surface area contributed by atoms with Gasteiger partial charge in [-0.05, 0) is 58.3 Å². The molecule has 0 amide bonds. The van der Waals surface area contributed by atoms with Crippen LogP contribution in [0.5, 0.6) is 0 Å². The Kier molecular flexibility index (Phi) is 11.0. The fourth-order valence-corrected chi connectivity index (χ4v) is 2.08. The van der Waals surface area contributed by atoms with Crippen molar-refractivity contribution in [2.75, 3.05) is 26.2 Å².